The van der Waals surface area contributed by atoms with Crippen molar-refractivity contribution >= 4 is 0 Å². The number of likely N-dealkylation sites (N-methyl/N-ethyl adjacent to an activating group) is 1. The van der Waals surface area contributed by atoms with E-state index in [0.717, 1.165) is 0 Å². The van der Waals surface area contributed by atoms with E-state index in [9.17, 15) is 5.11 Å². The van der Waals surface area contributed by atoms with Gasteiger partial charge in [0.15, 0.2) is 0 Å². The Morgan fingerprint density at radius 2 is 2.00 bits per heavy atom. The Hall–Kier alpha value is -1.57. The van der Waals surface area contributed by atoms with Crippen molar-refractivity contribution in [2.24, 2.45) is 5.41 Å². The van der Waals surface area contributed by atoms with Gasteiger partial charge in [-0.3, -0.25) is 0 Å². The van der Waals surface area contributed by atoms with E-state index in [1.165, 1.54) is 12.8 Å². The molecular weight excluding hydrogens is 264 g/mol. The van der Waals surface area contributed by atoms with Gasteiger partial charge >= 0.3 is 0 Å². The van der Waals surface area contributed by atoms with Crippen LogP contribution in [-0.2, 0) is 0 Å². The Bertz CT molecular complexity index is 503. The van der Waals surface area contributed by atoms with Crippen LogP contribution in [0.15, 0.2) is 24.3 Å². The van der Waals surface area contributed by atoms with Crippen LogP contribution in [0, 0.1) is 16.7 Å². The van der Waals surface area contributed by atoms with E-state index in [0.29, 0.717) is 29.3 Å². The van der Waals surface area contributed by atoms with Crippen LogP contribution >= 0.6 is 0 Å². The van der Waals surface area contributed by atoms with E-state index in [1.807, 2.05) is 0 Å². The first kappa shape index (κ1) is 15.8. The van der Waals surface area contributed by atoms with Gasteiger partial charge in [-0.15, -0.1) is 0 Å². The van der Waals surface area contributed by atoms with Gasteiger partial charge in [0, 0.05) is 12.6 Å². The minimum absolute atomic E-state index is 0.264. The second-order valence-electron chi connectivity index (χ2n) is 6.37. The molecule has 1 aliphatic rings. The van der Waals surface area contributed by atoms with Crippen molar-refractivity contribution in [1.82, 2.24) is 4.90 Å². The minimum Gasteiger partial charge on any atom is -0.491 e. The van der Waals surface area contributed by atoms with Gasteiger partial charge in [-0.05, 0) is 56.5 Å². The molecule has 0 unspecified atom stereocenters. The standard InChI is InChI=1S/C17H24N2O2/c1-13(17(2)8-9-17)19(3)11-15(20)12-21-16-6-4-14(10-18)5-7-16/h4-7,13,15,20H,8-9,11-12H2,1-3H3/t13-,15+/m1/s1. The number of hydrogen-bond donors (Lipinski definition) is 1. The molecule has 1 aromatic rings. The first-order chi connectivity index (χ1) is 9.94. The molecule has 1 fully saturated rings. The highest BCUT2D eigenvalue weighted by molar-refractivity contribution is 5.34. The maximum atomic E-state index is 10.1. The average molecular weight is 288 g/mol. The summed E-state index contributed by atoms with van der Waals surface area (Å²) in [6.07, 6.45) is 2.03. The molecule has 1 aromatic carbocycles. The third kappa shape index (κ3) is 4.20. The molecule has 0 aliphatic heterocycles. The van der Waals surface area contributed by atoms with Crippen LogP contribution in [-0.4, -0.2) is 42.4 Å². The average Bonchev–Trinajstić information content (AvgIpc) is 3.23. The fourth-order valence-corrected chi connectivity index (χ4v) is 2.51. The lowest BCUT2D eigenvalue weighted by Crippen LogP contribution is -2.41. The lowest BCUT2D eigenvalue weighted by molar-refractivity contribution is 0.0540. The number of aliphatic hydroxyl groups excluding tert-OH is 1. The molecule has 4 heteroatoms. The van der Waals surface area contributed by atoms with Crippen LogP contribution in [0.4, 0.5) is 0 Å². The van der Waals surface area contributed by atoms with E-state index in [1.54, 1.807) is 24.3 Å². The Labute approximate surface area is 127 Å². The molecule has 0 bridgehead atoms. The van der Waals surface area contributed by atoms with Crippen molar-refractivity contribution in [3.05, 3.63) is 29.8 Å². The maximum Gasteiger partial charge on any atom is 0.119 e. The lowest BCUT2D eigenvalue weighted by atomic mass is 9.99. The Morgan fingerprint density at radius 1 is 1.38 bits per heavy atom. The van der Waals surface area contributed by atoms with Gasteiger partial charge in [-0.2, -0.15) is 5.26 Å². The molecular formula is C17H24N2O2. The molecule has 21 heavy (non-hydrogen) atoms. The van der Waals surface area contributed by atoms with Gasteiger partial charge in [0.2, 0.25) is 0 Å². The lowest BCUT2D eigenvalue weighted by Gasteiger charge is -2.31. The number of aliphatic hydroxyl groups is 1. The molecule has 114 valence electrons. The molecule has 2 rings (SSSR count). The van der Waals surface area contributed by atoms with E-state index in [-0.39, 0.29) is 6.61 Å². The van der Waals surface area contributed by atoms with Gasteiger partial charge in [-0.25, -0.2) is 0 Å². The number of nitriles is 1. The number of ether oxygens (including phenoxy) is 1. The molecule has 0 heterocycles. The highest BCUT2D eigenvalue weighted by Crippen LogP contribution is 2.49. The number of hydrogen-bond acceptors (Lipinski definition) is 4. The molecule has 1 N–H and O–H groups in total. The summed E-state index contributed by atoms with van der Waals surface area (Å²) in [4.78, 5) is 2.21. The van der Waals surface area contributed by atoms with E-state index >= 15 is 0 Å². The zero-order valence-electron chi connectivity index (χ0n) is 13.0. The SMILES string of the molecule is C[C@@H](N(C)C[C@H](O)COc1ccc(C#N)cc1)C1(C)CC1. The summed E-state index contributed by atoms with van der Waals surface area (Å²) in [6.45, 7) is 5.39. The molecule has 2 atom stereocenters. The first-order valence-corrected chi connectivity index (χ1v) is 7.46. The smallest absolute Gasteiger partial charge is 0.119 e. The van der Waals surface area contributed by atoms with Gasteiger partial charge < -0.3 is 14.7 Å². The van der Waals surface area contributed by atoms with Crippen molar-refractivity contribution < 1.29 is 9.84 Å². The Balaban J connectivity index is 1.76. The van der Waals surface area contributed by atoms with E-state index in [4.69, 9.17) is 10.00 Å². The normalized spacial score (nSPS) is 18.9. The highest BCUT2D eigenvalue weighted by atomic mass is 16.5. The summed E-state index contributed by atoms with van der Waals surface area (Å²) in [5.41, 5.74) is 1.02. The molecule has 0 saturated heterocycles. The second kappa shape index (κ2) is 6.46. The summed E-state index contributed by atoms with van der Waals surface area (Å²) in [6, 6.07) is 9.47. The summed E-state index contributed by atoms with van der Waals surface area (Å²) in [7, 11) is 2.05. The quantitative estimate of drug-likeness (QED) is 0.837. The van der Waals surface area contributed by atoms with Crippen molar-refractivity contribution in [3.63, 3.8) is 0 Å². The maximum absolute atomic E-state index is 10.1. The second-order valence-corrected chi connectivity index (χ2v) is 6.37. The topological polar surface area (TPSA) is 56.5 Å². The van der Waals surface area contributed by atoms with E-state index in [2.05, 4.69) is 31.9 Å². The summed E-state index contributed by atoms with van der Waals surface area (Å²) in [5.74, 6) is 0.679. The van der Waals surface area contributed by atoms with Crippen LogP contribution in [0.3, 0.4) is 0 Å². The van der Waals surface area contributed by atoms with Gasteiger partial charge in [0.25, 0.3) is 0 Å². The number of nitrogens with zero attached hydrogens (tertiary/aromatic N) is 2. The monoisotopic (exact) mass is 288 g/mol. The molecule has 0 amide bonds. The zero-order valence-corrected chi connectivity index (χ0v) is 13.0. The van der Waals surface area contributed by atoms with E-state index < -0.39 is 6.10 Å². The molecule has 0 spiro atoms. The largest absolute Gasteiger partial charge is 0.491 e. The number of benzene rings is 1. The van der Waals surface area contributed by atoms with Gasteiger partial charge in [-0.1, -0.05) is 6.92 Å². The van der Waals surface area contributed by atoms with Crippen molar-refractivity contribution in [2.75, 3.05) is 20.2 Å². The molecule has 4 nitrogen and oxygen atoms in total. The molecule has 1 aliphatic carbocycles. The summed E-state index contributed by atoms with van der Waals surface area (Å²) >= 11 is 0. The Kier molecular flexibility index (Phi) is 4.87. The van der Waals surface area contributed by atoms with Crippen molar-refractivity contribution in [1.29, 1.82) is 5.26 Å². The summed E-state index contributed by atoms with van der Waals surface area (Å²) in [5, 5.41) is 18.8. The van der Waals surface area contributed by atoms with Crippen LogP contribution in [0.25, 0.3) is 0 Å². The Morgan fingerprint density at radius 3 is 2.52 bits per heavy atom. The fourth-order valence-electron chi connectivity index (χ4n) is 2.51. The van der Waals surface area contributed by atoms with Crippen LogP contribution < -0.4 is 4.74 Å². The van der Waals surface area contributed by atoms with Crippen molar-refractivity contribution in [3.8, 4) is 11.8 Å². The predicted octanol–water partition coefficient (Wildman–Crippen LogP) is 2.42. The molecule has 0 aromatic heterocycles. The van der Waals surface area contributed by atoms with Gasteiger partial charge in [0.05, 0.1) is 11.6 Å². The highest BCUT2D eigenvalue weighted by Gasteiger charge is 2.44. The van der Waals surface area contributed by atoms with Crippen molar-refractivity contribution in [2.45, 2.75) is 38.8 Å². The summed E-state index contributed by atoms with van der Waals surface area (Å²) < 4.78 is 5.56. The van der Waals surface area contributed by atoms with Crippen LogP contribution in [0.1, 0.15) is 32.3 Å². The van der Waals surface area contributed by atoms with Gasteiger partial charge in [0.1, 0.15) is 18.5 Å². The third-order valence-electron chi connectivity index (χ3n) is 4.63. The minimum atomic E-state index is -0.518. The number of rotatable bonds is 7. The first-order valence-electron chi connectivity index (χ1n) is 7.46. The fraction of sp³-hybridized carbons (Fsp3) is 0.588. The molecule has 1 saturated carbocycles. The van der Waals surface area contributed by atoms with Crippen LogP contribution in [0.5, 0.6) is 5.75 Å². The third-order valence-corrected chi connectivity index (χ3v) is 4.63. The zero-order chi connectivity index (χ0) is 15.5. The predicted molar refractivity (Wildman–Crippen MR) is 82.1 cm³/mol. The molecule has 0 radical (unpaired) electrons. The van der Waals surface area contributed by atoms with Crippen LogP contribution in [0.2, 0.25) is 0 Å².